The third-order valence-electron chi connectivity index (χ3n) is 2.67. The van der Waals surface area contributed by atoms with Gasteiger partial charge < -0.3 is 9.97 Å². The lowest BCUT2D eigenvalue weighted by atomic mass is 10.1. The van der Waals surface area contributed by atoms with Crippen LogP contribution in [0.1, 0.15) is 0 Å². The van der Waals surface area contributed by atoms with Crippen LogP contribution in [0.4, 0.5) is 0 Å². The van der Waals surface area contributed by atoms with Crippen LogP contribution in [0.3, 0.4) is 0 Å². The number of aromatic amines is 2. The fourth-order valence-corrected chi connectivity index (χ4v) is 2.07. The summed E-state index contributed by atoms with van der Waals surface area (Å²) >= 11 is 5.95. The van der Waals surface area contributed by atoms with E-state index in [4.69, 9.17) is 11.6 Å². The average molecular weight is 245 g/mol. The molecule has 0 unspecified atom stereocenters. The molecule has 0 fully saturated rings. The van der Waals surface area contributed by atoms with Gasteiger partial charge >= 0.3 is 5.69 Å². The zero-order valence-corrected chi connectivity index (χ0v) is 9.58. The predicted molar refractivity (Wildman–Crippen MR) is 69.4 cm³/mol. The summed E-state index contributed by atoms with van der Waals surface area (Å²) in [6, 6.07) is 13.4. The molecule has 3 rings (SSSR count). The number of hydrogen-bond donors (Lipinski definition) is 2. The number of rotatable bonds is 1. The number of imidazole rings is 1. The van der Waals surface area contributed by atoms with Crippen molar-refractivity contribution in [2.45, 2.75) is 0 Å². The molecule has 0 amide bonds. The summed E-state index contributed by atoms with van der Waals surface area (Å²) in [6.45, 7) is 0. The van der Waals surface area contributed by atoms with Gasteiger partial charge in [0.1, 0.15) is 0 Å². The summed E-state index contributed by atoms with van der Waals surface area (Å²) < 4.78 is 0. The van der Waals surface area contributed by atoms with Gasteiger partial charge in [-0.15, -0.1) is 0 Å². The minimum Gasteiger partial charge on any atom is -0.306 e. The van der Waals surface area contributed by atoms with Crippen molar-refractivity contribution in [2.75, 3.05) is 0 Å². The van der Waals surface area contributed by atoms with Gasteiger partial charge in [0, 0.05) is 5.02 Å². The first-order valence-electron chi connectivity index (χ1n) is 5.20. The van der Waals surface area contributed by atoms with E-state index in [-0.39, 0.29) is 5.69 Å². The lowest BCUT2D eigenvalue weighted by molar-refractivity contribution is 1.22. The van der Waals surface area contributed by atoms with Crippen molar-refractivity contribution in [3.8, 4) is 11.1 Å². The van der Waals surface area contributed by atoms with Crippen LogP contribution < -0.4 is 5.69 Å². The van der Waals surface area contributed by atoms with Gasteiger partial charge in [0.05, 0.1) is 11.0 Å². The molecule has 84 valence electrons. The highest BCUT2D eigenvalue weighted by atomic mass is 35.5. The topological polar surface area (TPSA) is 48.6 Å². The Hall–Kier alpha value is -2.00. The van der Waals surface area contributed by atoms with Crippen LogP contribution in [-0.2, 0) is 0 Å². The van der Waals surface area contributed by atoms with Gasteiger partial charge in [-0.05, 0) is 35.4 Å². The van der Waals surface area contributed by atoms with Crippen molar-refractivity contribution < 1.29 is 0 Å². The van der Waals surface area contributed by atoms with E-state index in [1.165, 1.54) is 0 Å². The SMILES string of the molecule is O=c1[nH]c2ccc(-c3cccc(Cl)c3)cc2[nH]1. The Bertz CT molecular complexity index is 742. The van der Waals surface area contributed by atoms with Crippen LogP contribution in [0.25, 0.3) is 22.2 Å². The maximum Gasteiger partial charge on any atom is 0.323 e. The Morgan fingerprint density at radius 1 is 0.882 bits per heavy atom. The van der Waals surface area contributed by atoms with E-state index in [1.807, 2.05) is 42.5 Å². The van der Waals surface area contributed by atoms with E-state index in [0.717, 1.165) is 22.2 Å². The summed E-state index contributed by atoms with van der Waals surface area (Å²) in [5.74, 6) is 0. The molecule has 0 saturated heterocycles. The predicted octanol–water partition coefficient (Wildman–Crippen LogP) is 3.18. The van der Waals surface area contributed by atoms with Crippen LogP contribution >= 0.6 is 11.6 Å². The highest BCUT2D eigenvalue weighted by molar-refractivity contribution is 6.30. The molecule has 0 atom stereocenters. The van der Waals surface area contributed by atoms with Crippen LogP contribution in [0.2, 0.25) is 5.02 Å². The highest BCUT2D eigenvalue weighted by Gasteiger charge is 2.02. The van der Waals surface area contributed by atoms with E-state index in [2.05, 4.69) is 9.97 Å². The molecule has 4 heteroatoms. The summed E-state index contributed by atoms with van der Waals surface area (Å²) in [7, 11) is 0. The van der Waals surface area contributed by atoms with Gasteiger partial charge in [-0.25, -0.2) is 4.79 Å². The minimum atomic E-state index is -0.191. The molecule has 0 aliphatic rings. The zero-order chi connectivity index (χ0) is 11.8. The molecule has 0 spiro atoms. The zero-order valence-electron chi connectivity index (χ0n) is 8.83. The molecule has 1 aromatic heterocycles. The monoisotopic (exact) mass is 244 g/mol. The van der Waals surface area contributed by atoms with Crippen molar-refractivity contribution in [2.24, 2.45) is 0 Å². The van der Waals surface area contributed by atoms with Gasteiger partial charge in [-0.3, -0.25) is 0 Å². The molecule has 2 aromatic carbocycles. The Morgan fingerprint density at radius 3 is 2.47 bits per heavy atom. The quantitative estimate of drug-likeness (QED) is 0.679. The van der Waals surface area contributed by atoms with Gasteiger partial charge in [0.15, 0.2) is 0 Å². The molecule has 0 saturated carbocycles. The third-order valence-corrected chi connectivity index (χ3v) is 2.91. The molecular formula is C13H9ClN2O. The smallest absolute Gasteiger partial charge is 0.306 e. The molecule has 0 aliphatic heterocycles. The van der Waals surface area contributed by atoms with Crippen molar-refractivity contribution in [1.82, 2.24) is 9.97 Å². The average Bonchev–Trinajstić information content (AvgIpc) is 2.68. The first-order chi connectivity index (χ1) is 8.22. The number of H-pyrrole nitrogens is 2. The van der Waals surface area contributed by atoms with Gasteiger partial charge in [0.25, 0.3) is 0 Å². The molecule has 3 nitrogen and oxygen atoms in total. The first kappa shape index (κ1) is 10.2. The van der Waals surface area contributed by atoms with E-state index < -0.39 is 0 Å². The number of fused-ring (bicyclic) bond motifs is 1. The fourth-order valence-electron chi connectivity index (χ4n) is 1.88. The van der Waals surface area contributed by atoms with Crippen LogP contribution in [0.15, 0.2) is 47.3 Å². The second-order valence-corrected chi connectivity index (χ2v) is 4.29. The molecule has 0 bridgehead atoms. The Balaban J connectivity index is 2.20. The largest absolute Gasteiger partial charge is 0.323 e. The van der Waals surface area contributed by atoms with Crippen LogP contribution in [-0.4, -0.2) is 9.97 Å². The molecule has 1 heterocycles. The van der Waals surface area contributed by atoms with E-state index in [0.29, 0.717) is 5.02 Å². The van der Waals surface area contributed by atoms with Crippen molar-refractivity contribution in [3.05, 3.63) is 58.0 Å². The van der Waals surface area contributed by atoms with Gasteiger partial charge in [-0.2, -0.15) is 0 Å². The van der Waals surface area contributed by atoms with Crippen LogP contribution in [0.5, 0.6) is 0 Å². The standard InChI is InChI=1S/C13H9ClN2O/c14-10-3-1-2-8(6-10)9-4-5-11-12(7-9)16-13(17)15-11/h1-7H,(H2,15,16,17). The summed E-state index contributed by atoms with van der Waals surface area (Å²) in [6.07, 6.45) is 0. The second-order valence-electron chi connectivity index (χ2n) is 3.85. The first-order valence-corrected chi connectivity index (χ1v) is 5.58. The summed E-state index contributed by atoms with van der Waals surface area (Å²) in [5.41, 5.74) is 3.47. The van der Waals surface area contributed by atoms with Crippen LogP contribution in [0, 0.1) is 0 Å². The maximum atomic E-state index is 11.2. The fraction of sp³-hybridized carbons (Fsp3) is 0. The number of hydrogen-bond acceptors (Lipinski definition) is 1. The molecule has 0 radical (unpaired) electrons. The van der Waals surface area contributed by atoms with E-state index in [1.54, 1.807) is 0 Å². The normalized spacial score (nSPS) is 10.9. The summed E-state index contributed by atoms with van der Waals surface area (Å²) in [4.78, 5) is 16.6. The number of nitrogens with one attached hydrogen (secondary N) is 2. The molecule has 2 N–H and O–H groups in total. The number of benzene rings is 2. The van der Waals surface area contributed by atoms with Crippen molar-refractivity contribution in [1.29, 1.82) is 0 Å². The summed E-state index contributed by atoms with van der Waals surface area (Å²) in [5, 5.41) is 0.699. The van der Waals surface area contributed by atoms with E-state index in [9.17, 15) is 4.79 Å². The highest BCUT2D eigenvalue weighted by Crippen LogP contribution is 2.24. The Morgan fingerprint density at radius 2 is 1.65 bits per heavy atom. The molecule has 3 aromatic rings. The number of aromatic nitrogens is 2. The Kier molecular flexibility index (Phi) is 2.27. The lowest BCUT2D eigenvalue weighted by Crippen LogP contribution is -1.99. The van der Waals surface area contributed by atoms with E-state index >= 15 is 0 Å². The van der Waals surface area contributed by atoms with Gasteiger partial charge in [0.2, 0.25) is 0 Å². The van der Waals surface area contributed by atoms with Crippen molar-refractivity contribution in [3.63, 3.8) is 0 Å². The lowest BCUT2D eigenvalue weighted by Gasteiger charge is -2.02. The maximum absolute atomic E-state index is 11.2. The third kappa shape index (κ3) is 1.85. The number of halogens is 1. The second kappa shape index (κ2) is 3.79. The minimum absolute atomic E-state index is 0.191. The van der Waals surface area contributed by atoms with Gasteiger partial charge in [-0.1, -0.05) is 29.8 Å². The molecule has 0 aliphatic carbocycles. The molecule has 17 heavy (non-hydrogen) atoms. The van der Waals surface area contributed by atoms with Crippen molar-refractivity contribution >= 4 is 22.6 Å². The molecular weight excluding hydrogens is 236 g/mol. The Labute approximate surface area is 102 Å².